The molecule has 6 heteroatoms. The highest BCUT2D eigenvalue weighted by Crippen LogP contribution is 2.48. The van der Waals surface area contributed by atoms with Crippen molar-refractivity contribution in [2.24, 2.45) is 4.99 Å². The zero-order chi connectivity index (χ0) is 28.5. The average molecular weight is 540 g/mol. The van der Waals surface area contributed by atoms with Crippen LogP contribution in [0, 0.1) is 0 Å². The molecule has 0 spiro atoms. The molecular formula is C34H37NO5. The van der Waals surface area contributed by atoms with E-state index in [0.717, 1.165) is 57.9 Å². The molecule has 208 valence electrons. The van der Waals surface area contributed by atoms with Crippen LogP contribution < -0.4 is 14.2 Å². The van der Waals surface area contributed by atoms with Gasteiger partial charge in [-0.1, -0.05) is 42.5 Å². The second kappa shape index (κ2) is 10.8. The smallest absolute Gasteiger partial charge is 0.330 e. The molecule has 0 fully saturated rings. The molecule has 6 nitrogen and oxygen atoms in total. The molecule has 0 aromatic heterocycles. The Morgan fingerprint density at radius 2 is 1.77 bits per heavy atom. The molecule has 0 N–H and O–H groups in total. The number of methoxy groups -OCH3 is 1. The Bertz CT molecular complexity index is 1480. The predicted octanol–water partition coefficient (Wildman–Crippen LogP) is 6.74. The van der Waals surface area contributed by atoms with Gasteiger partial charge in [0.25, 0.3) is 0 Å². The summed E-state index contributed by atoms with van der Waals surface area (Å²) in [6, 6.07) is 18.2. The molecule has 0 bridgehead atoms. The van der Waals surface area contributed by atoms with E-state index in [1.807, 2.05) is 55.5 Å². The molecule has 0 aliphatic carbocycles. The lowest BCUT2D eigenvalue weighted by molar-refractivity contribution is -0.134. The molecular weight excluding hydrogens is 502 g/mol. The SMILES string of the molecule is CCOc1cc2c(c3c1OC(C)(C)C3)C(c1ccc(C=CC(=O)OC)c(OCc3ccccc3)c1)=NC(C)(C)C2. The van der Waals surface area contributed by atoms with Crippen LogP contribution in [-0.2, 0) is 29.0 Å². The summed E-state index contributed by atoms with van der Waals surface area (Å²) in [5, 5.41) is 0. The van der Waals surface area contributed by atoms with Gasteiger partial charge in [0, 0.05) is 34.8 Å². The summed E-state index contributed by atoms with van der Waals surface area (Å²) in [4.78, 5) is 17.1. The van der Waals surface area contributed by atoms with Crippen molar-refractivity contribution < 1.29 is 23.7 Å². The van der Waals surface area contributed by atoms with Gasteiger partial charge in [-0.05, 0) is 70.4 Å². The van der Waals surface area contributed by atoms with Gasteiger partial charge in [-0.25, -0.2) is 4.79 Å². The standard InChI is InChI=1S/C34H37NO5/c1-7-38-28-18-25-19-33(2,3)35-31(30(25)26-20-34(4,5)40-32(26)28)24-14-13-23(15-16-29(36)37-6)27(17-24)39-21-22-11-9-8-10-12-22/h8-18H,7,19-21H2,1-6H3. The summed E-state index contributed by atoms with van der Waals surface area (Å²) in [5.41, 5.74) is 6.53. The van der Waals surface area contributed by atoms with E-state index in [-0.39, 0.29) is 11.1 Å². The number of carbonyl (C=O) groups is 1. The van der Waals surface area contributed by atoms with E-state index in [9.17, 15) is 4.79 Å². The fraction of sp³-hybridized carbons (Fsp3) is 0.353. The van der Waals surface area contributed by atoms with E-state index in [0.29, 0.717) is 19.0 Å². The van der Waals surface area contributed by atoms with Crippen molar-refractivity contribution in [2.45, 2.75) is 65.2 Å². The van der Waals surface area contributed by atoms with Crippen LogP contribution in [0.25, 0.3) is 6.08 Å². The monoisotopic (exact) mass is 539 g/mol. The number of aliphatic imine (C=N–C) groups is 1. The maximum Gasteiger partial charge on any atom is 0.330 e. The third-order valence-corrected chi connectivity index (χ3v) is 7.11. The van der Waals surface area contributed by atoms with Crippen molar-refractivity contribution in [2.75, 3.05) is 13.7 Å². The molecule has 5 rings (SSSR count). The molecule has 40 heavy (non-hydrogen) atoms. The number of ether oxygens (including phenoxy) is 4. The Hall–Kier alpha value is -4.06. The fourth-order valence-corrected chi connectivity index (χ4v) is 5.45. The molecule has 0 atom stereocenters. The second-order valence-electron chi connectivity index (χ2n) is 11.5. The zero-order valence-electron chi connectivity index (χ0n) is 24.2. The summed E-state index contributed by atoms with van der Waals surface area (Å²) >= 11 is 0. The fourth-order valence-electron chi connectivity index (χ4n) is 5.45. The number of fused-ring (bicyclic) bond motifs is 3. The molecule has 2 aliphatic heterocycles. The second-order valence-corrected chi connectivity index (χ2v) is 11.5. The van der Waals surface area contributed by atoms with Gasteiger partial charge < -0.3 is 18.9 Å². The van der Waals surface area contributed by atoms with E-state index in [1.165, 1.54) is 18.7 Å². The van der Waals surface area contributed by atoms with Crippen LogP contribution in [0.5, 0.6) is 17.2 Å². The first-order chi connectivity index (χ1) is 19.1. The highest BCUT2D eigenvalue weighted by molar-refractivity contribution is 6.16. The predicted molar refractivity (Wildman–Crippen MR) is 158 cm³/mol. The van der Waals surface area contributed by atoms with Crippen LogP contribution in [0.2, 0.25) is 0 Å². The van der Waals surface area contributed by atoms with Gasteiger partial charge in [-0.3, -0.25) is 4.99 Å². The summed E-state index contributed by atoms with van der Waals surface area (Å²) in [6.45, 7) is 11.5. The molecule has 3 aromatic carbocycles. The van der Waals surface area contributed by atoms with Crippen molar-refractivity contribution in [1.82, 2.24) is 0 Å². The number of esters is 1. The molecule has 2 heterocycles. The molecule has 2 aliphatic rings. The lowest BCUT2D eigenvalue weighted by Crippen LogP contribution is -2.30. The van der Waals surface area contributed by atoms with E-state index in [1.54, 1.807) is 6.08 Å². The summed E-state index contributed by atoms with van der Waals surface area (Å²) < 4.78 is 23.6. The molecule has 0 unspecified atom stereocenters. The van der Waals surface area contributed by atoms with E-state index in [2.05, 4.69) is 33.8 Å². The molecule has 0 saturated carbocycles. The zero-order valence-corrected chi connectivity index (χ0v) is 24.2. The normalized spacial score (nSPS) is 16.5. The minimum absolute atomic E-state index is 0.302. The van der Waals surface area contributed by atoms with Crippen molar-refractivity contribution in [3.8, 4) is 17.2 Å². The highest BCUT2D eigenvalue weighted by atomic mass is 16.5. The van der Waals surface area contributed by atoms with Crippen LogP contribution in [0.1, 0.15) is 68.0 Å². The van der Waals surface area contributed by atoms with Crippen molar-refractivity contribution in [3.63, 3.8) is 0 Å². The van der Waals surface area contributed by atoms with Crippen LogP contribution >= 0.6 is 0 Å². The summed E-state index contributed by atoms with van der Waals surface area (Å²) in [5.74, 6) is 1.85. The first kappa shape index (κ1) is 27.5. The Morgan fingerprint density at radius 3 is 2.50 bits per heavy atom. The topological polar surface area (TPSA) is 66.4 Å². The Labute approximate surface area is 236 Å². The summed E-state index contributed by atoms with van der Waals surface area (Å²) in [6.07, 6.45) is 4.70. The maximum absolute atomic E-state index is 11.8. The number of hydrogen-bond acceptors (Lipinski definition) is 6. The molecule has 0 saturated heterocycles. The van der Waals surface area contributed by atoms with Crippen molar-refractivity contribution >= 4 is 17.8 Å². The number of rotatable bonds is 8. The first-order valence-electron chi connectivity index (χ1n) is 13.8. The number of benzene rings is 3. The number of hydrogen-bond donors (Lipinski definition) is 0. The van der Waals surface area contributed by atoms with Crippen LogP contribution in [0.15, 0.2) is 65.7 Å². The molecule has 0 radical (unpaired) electrons. The number of nitrogens with zero attached hydrogens (tertiary/aromatic N) is 1. The van der Waals surface area contributed by atoms with Crippen molar-refractivity contribution in [1.29, 1.82) is 0 Å². The van der Waals surface area contributed by atoms with Gasteiger partial charge in [0.1, 0.15) is 18.0 Å². The third kappa shape index (κ3) is 5.76. The van der Waals surface area contributed by atoms with Gasteiger partial charge in [0.2, 0.25) is 0 Å². The van der Waals surface area contributed by atoms with Gasteiger partial charge in [0.15, 0.2) is 11.5 Å². The Kier molecular flexibility index (Phi) is 7.45. The van der Waals surface area contributed by atoms with Gasteiger partial charge in [-0.15, -0.1) is 0 Å². The Balaban J connectivity index is 1.63. The Morgan fingerprint density at radius 1 is 1.00 bits per heavy atom. The largest absolute Gasteiger partial charge is 0.490 e. The quantitative estimate of drug-likeness (QED) is 0.234. The van der Waals surface area contributed by atoms with E-state index < -0.39 is 5.97 Å². The van der Waals surface area contributed by atoms with Gasteiger partial charge in [-0.2, -0.15) is 0 Å². The van der Waals surface area contributed by atoms with E-state index in [4.69, 9.17) is 23.9 Å². The van der Waals surface area contributed by atoms with Crippen molar-refractivity contribution in [3.05, 3.63) is 94.1 Å². The lowest BCUT2D eigenvalue weighted by Gasteiger charge is -2.31. The summed E-state index contributed by atoms with van der Waals surface area (Å²) in [7, 11) is 1.36. The van der Waals surface area contributed by atoms with Crippen LogP contribution in [0.4, 0.5) is 0 Å². The average Bonchev–Trinajstić information content (AvgIpc) is 3.25. The minimum atomic E-state index is -0.423. The number of carbonyl (C=O) groups excluding carboxylic acids is 1. The minimum Gasteiger partial charge on any atom is -0.490 e. The van der Waals surface area contributed by atoms with Gasteiger partial charge in [0.05, 0.1) is 25.0 Å². The van der Waals surface area contributed by atoms with Gasteiger partial charge >= 0.3 is 5.97 Å². The lowest BCUT2D eigenvalue weighted by atomic mass is 9.81. The highest BCUT2D eigenvalue weighted by Gasteiger charge is 2.39. The van der Waals surface area contributed by atoms with E-state index >= 15 is 0 Å². The molecule has 3 aromatic rings. The maximum atomic E-state index is 11.8. The van der Waals surface area contributed by atoms with Crippen LogP contribution in [0.3, 0.4) is 0 Å². The first-order valence-corrected chi connectivity index (χ1v) is 13.8. The van der Waals surface area contributed by atoms with Crippen LogP contribution in [-0.4, -0.2) is 36.5 Å². The molecule has 0 amide bonds. The third-order valence-electron chi connectivity index (χ3n) is 7.11.